The predicted molar refractivity (Wildman–Crippen MR) is 62.8 cm³/mol. The molecule has 1 aromatic carbocycles. The number of aliphatic hydroxyl groups is 1. The van der Waals surface area contributed by atoms with Crippen molar-refractivity contribution in [1.29, 1.82) is 0 Å². The van der Waals surface area contributed by atoms with Crippen molar-refractivity contribution in [3.8, 4) is 0 Å². The molecule has 0 fully saturated rings. The number of ether oxygens (including phenoxy) is 1. The highest BCUT2D eigenvalue weighted by Gasteiger charge is 2.23. The number of carbonyl (C=O) groups is 1. The third kappa shape index (κ3) is 1.83. The van der Waals surface area contributed by atoms with Gasteiger partial charge >= 0.3 is 5.97 Å². The Kier molecular flexibility index (Phi) is 3.21. The van der Waals surface area contributed by atoms with Gasteiger partial charge in [-0.3, -0.25) is 0 Å². The van der Waals surface area contributed by atoms with Crippen molar-refractivity contribution in [2.45, 2.75) is 24.3 Å². The molecule has 0 radical (unpaired) electrons. The zero-order chi connectivity index (χ0) is 11.7. The summed E-state index contributed by atoms with van der Waals surface area (Å²) in [4.78, 5) is 12.5. The monoisotopic (exact) mass is 238 g/mol. The fourth-order valence-electron chi connectivity index (χ4n) is 1.93. The van der Waals surface area contributed by atoms with E-state index in [1.165, 1.54) is 7.11 Å². The van der Waals surface area contributed by atoms with E-state index in [4.69, 9.17) is 4.74 Å². The molecule has 86 valence electrons. The summed E-state index contributed by atoms with van der Waals surface area (Å²) in [5, 5.41) is 9.84. The molecule has 1 N–H and O–H groups in total. The van der Waals surface area contributed by atoms with Gasteiger partial charge in [0, 0.05) is 10.6 Å². The summed E-state index contributed by atoms with van der Waals surface area (Å²) in [5.74, 6) is 0.570. The van der Waals surface area contributed by atoms with Gasteiger partial charge in [-0.25, -0.2) is 4.79 Å². The van der Waals surface area contributed by atoms with E-state index in [9.17, 15) is 9.90 Å². The van der Waals surface area contributed by atoms with Crippen LogP contribution in [0, 0.1) is 6.92 Å². The van der Waals surface area contributed by atoms with Gasteiger partial charge in [0.05, 0.1) is 18.8 Å². The van der Waals surface area contributed by atoms with Crippen LogP contribution in [0.1, 0.15) is 34.0 Å². The maximum absolute atomic E-state index is 11.5. The van der Waals surface area contributed by atoms with Gasteiger partial charge in [-0.2, -0.15) is 0 Å². The van der Waals surface area contributed by atoms with Gasteiger partial charge in [0.15, 0.2) is 0 Å². The van der Waals surface area contributed by atoms with Crippen molar-refractivity contribution in [1.82, 2.24) is 0 Å². The summed E-state index contributed by atoms with van der Waals surface area (Å²) in [5.41, 5.74) is 2.43. The van der Waals surface area contributed by atoms with Crippen molar-refractivity contribution in [2.24, 2.45) is 0 Å². The summed E-state index contributed by atoms with van der Waals surface area (Å²) >= 11 is 1.69. The smallest absolute Gasteiger partial charge is 0.338 e. The fraction of sp³-hybridized carbons (Fsp3) is 0.417. The molecule has 0 saturated carbocycles. The second kappa shape index (κ2) is 4.47. The Hall–Kier alpha value is -1.00. The first-order valence-corrected chi connectivity index (χ1v) is 6.16. The van der Waals surface area contributed by atoms with Gasteiger partial charge < -0.3 is 9.84 Å². The summed E-state index contributed by atoms with van der Waals surface area (Å²) in [7, 11) is 1.38. The minimum Gasteiger partial charge on any atom is -0.465 e. The summed E-state index contributed by atoms with van der Waals surface area (Å²) in [6, 6.07) is 3.56. The third-order valence-electron chi connectivity index (χ3n) is 2.84. The molecular formula is C12H14O3S. The van der Waals surface area contributed by atoms with E-state index >= 15 is 0 Å². The molecule has 1 heterocycles. The summed E-state index contributed by atoms with van der Waals surface area (Å²) < 4.78 is 4.72. The molecule has 4 heteroatoms. The van der Waals surface area contributed by atoms with Crippen molar-refractivity contribution in [2.75, 3.05) is 12.9 Å². The van der Waals surface area contributed by atoms with E-state index in [-0.39, 0.29) is 5.97 Å². The molecule has 1 aliphatic rings. The van der Waals surface area contributed by atoms with Gasteiger partial charge in [-0.1, -0.05) is 6.07 Å². The summed E-state index contributed by atoms with van der Waals surface area (Å²) in [6.45, 7) is 1.90. The van der Waals surface area contributed by atoms with Crippen LogP contribution in [0.3, 0.4) is 0 Å². The first kappa shape index (κ1) is 11.5. The maximum Gasteiger partial charge on any atom is 0.338 e. The predicted octanol–water partition coefficient (Wildman–Crippen LogP) is 2.31. The van der Waals surface area contributed by atoms with E-state index in [1.807, 2.05) is 13.0 Å². The normalized spacial score (nSPS) is 19.1. The molecule has 0 aliphatic carbocycles. The van der Waals surface area contributed by atoms with Gasteiger partial charge in [0.2, 0.25) is 0 Å². The lowest BCUT2D eigenvalue weighted by Gasteiger charge is -2.23. The molecule has 0 aromatic heterocycles. The second-order valence-corrected chi connectivity index (χ2v) is 4.91. The highest BCUT2D eigenvalue weighted by Crippen LogP contribution is 2.39. The number of aliphatic hydroxyl groups excluding tert-OH is 1. The second-order valence-electron chi connectivity index (χ2n) is 3.80. The zero-order valence-corrected chi connectivity index (χ0v) is 10.1. The Labute approximate surface area is 98.8 Å². The number of rotatable bonds is 1. The van der Waals surface area contributed by atoms with Crippen molar-refractivity contribution >= 4 is 17.7 Å². The van der Waals surface area contributed by atoms with Gasteiger partial charge in [0.1, 0.15) is 0 Å². The number of thioether (sulfide) groups is 1. The lowest BCUT2D eigenvalue weighted by atomic mass is 10.00. The van der Waals surface area contributed by atoms with Crippen LogP contribution < -0.4 is 0 Å². The van der Waals surface area contributed by atoms with Crippen LogP contribution in [0.25, 0.3) is 0 Å². The van der Waals surface area contributed by atoms with E-state index in [2.05, 4.69) is 0 Å². The Morgan fingerprint density at radius 3 is 3.00 bits per heavy atom. The quantitative estimate of drug-likeness (QED) is 0.763. The number of benzene rings is 1. The number of fused-ring (bicyclic) bond motifs is 1. The number of methoxy groups -OCH3 is 1. The van der Waals surface area contributed by atoms with Crippen molar-refractivity contribution in [3.63, 3.8) is 0 Å². The lowest BCUT2D eigenvalue weighted by molar-refractivity contribution is 0.0599. The molecule has 1 aliphatic heterocycles. The van der Waals surface area contributed by atoms with Gasteiger partial charge in [-0.15, -0.1) is 11.8 Å². The Bertz CT molecular complexity index is 429. The Balaban J connectivity index is 2.51. The average molecular weight is 238 g/mol. The molecule has 3 nitrogen and oxygen atoms in total. The molecule has 16 heavy (non-hydrogen) atoms. The van der Waals surface area contributed by atoms with E-state index in [0.29, 0.717) is 5.56 Å². The van der Waals surface area contributed by atoms with Gasteiger partial charge in [0.25, 0.3) is 0 Å². The highest BCUT2D eigenvalue weighted by atomic mass is 32.2. The van der Waals surface area contributed by atoms with Crippen LogP contribution >= 0.6 is 11.8 Å². The largest absolute Gasteiger partial charge is 0.465 e. The molecule has 2 rings (SSSR count). The number of esters is 1. The standard InChI is InChI=1S/C12H14O3S/c1-7-8(12(14)15-2)3-4-9-10(13)5-6-16-11(7)9/h3-4,10,13H,5-6H2,1-2H3. The van der Waals surface area contributed by atoms with Crippen LogP contribution in [0.2, 0.25) is 0 Å². The van der Waals surface area contributed by atoms with Crippen LogP contribution in [0.5, 0.6) is 0 Å². The van der Waals surface area contributed by atoms with E-state index in [1.54, 1.807) is 17.8 Å². The number of hydrogen-bond acceptors (Lipinski definition) is 4. The molecule has 0 bridgehead atoms. The van der Waals surface area contributed by atoms with Crippen molar-refractivity contribution in [3.05, 3.63) is 28.8 Å². The first-order valence-electron chi connectivity index (χ1n) is 5.18. The zero-order valence-electron chi connectivity index (χ0n) is 9.32. The Morgan fingerprint density at radius 2 is 2.31 bits per heavy atom. The Morgan fingerprint density at radius 1 is 1.56 bits per heavy atom. The third-order valence-corrected chi connectivity index (χ3v) is 4.11. The summed E-state index contributed by atoms with van der Waals surface area (Å²) in [6.07, 6.45) is 0.371. The molecule has 0 spiro atoms. The van der Waals surface area contributed by atoms with Crippen LogP contribution in [-0.4, -0.2) is 23.9 Å². The number of carbonyl (C=O) groups excluding carboxylic acids is 1. The van der Waals surface area contributed by atoms with Crippen LogP contribution in [-0.2, 0) is 4.74 Å². The maximum atomic E-state index is 11.5. The molecule has 1 unspecified atom stereocenters. The molecule has 0 saturated heterocycles. The van der Waals surface area contributed by atoms with Crippen LogP contribution in [0.15, 0.2) is 17.0 Å². The van der Waals surface area contributed by atoms with Gasteiger partial charge in [-0.05, 0) is 30.5 Å². The highest BCUT2D eigenvalue weighted by molar-refractivity contribution is 7.99. The molecular weight excluding hydrogens is 224 g/mol. The molecule has 1 aromatic rings. The van der Waals surface area contributed by atoms with E-state index in [0.717, 1.165) is 28.2 Å². The topological polar surface area (TPSA) is 46.5 Å². The lowest BCUT2D eigenvalue weighted by Crippen LogP contribution is -2.11. The number of hydrogen-bond donors (Lipinski definition) is 1. The first-order chi connectivity index (χ1) is 7.65. The van der Waals surface area contributed by atoms with Crippen molar-refractivity contribution < 1.29 is 14.6 Å². The molecule has 0 amide bonds. The average Bonchev–Trinajstić information content (AvgIpc) is 2.30. The SMILES string of the molecule is COC(=O)c1ccc2c(c1C)SCCC2O. The minimum atomic E-state index is -0.401. The van der Waals surface area contributed by atoms with Crippen LogP contribution in [0.4, 0.5) is 0 Å². The fourth-order valence-corrected chi connectivity index (χ4v) is 3.17. The van der Waals surface area contributed by atoms with E-state index < -0.39 is 6.10 Å². The molecule has 1 atom stereocenters. The minimum absolute atomic E-state index is 0.319.